The predicted octanol–water partition coefficient (Wildman–Crippen LogP) is 14.3. The van der Waals surface area contributed by atoms with E-state index in [9.17, 15) is 0 Å². The standard InChI is InChI=1S/C52H32N2O/c1-2-13-33(14-3-1)37-29-36-15-4-5-16-38(36)49(32-37)54-45-21-10-7-18-40(45)43-31-35(26-28-47(43)54)34-25-27-46-42(30-34)39-17-6-9-20-44(39)53(46)48-22-12-24-51-52(48)41-19-8-11-23-50(41)55-51/h1-32H. The average molecular weight is 701 g/mol. The molecule has 12 aromatic rings. The molecule has 0 aliphatic carbocycles. The van der Waals surface area contributed by atoms with E-state index >= 15 is 0 Å². The number of nitrogens with zero attached hydrogens (tertiary/aromatic N) is 2. The largest absolute Gasteiger partial charge is 0.456 e. The van der Waals surface area contributed by atoms with E-state index in [0.717, 1.165) is 27.6 Å². The summed E-state index contributed by atoms with van der Waals surface area (Å²) in [4.78, 5) is 0. The van der Waals surface area contributed by atoms with Gasteiger partial charge in [-0.15, -0.1) is 0 Å². The first-order chi connectivity index (χ1) is 27.3. The highest BCUT2D eigenvalue weighted by atomic mass is 16.3. The molecule has 256 valence electrons. The summed E-state index contributed by atoms with van der Waals surface area (Å²) < 4.78 is 11.2. The maximum atomic E-state index is 6.32. The zero-order valence-corrected chi connectivity index (χ0v) is 29.8. The first-order valence-corrected chi connectivity index (χ1v) is 18.8. The van der Waals surface area contributed by atoms with Crippen LogP contribution in [-0.4, -0.2) is 9.13 Å². The van der Waals surface area contributed by atoms with Crippen LogP contribution in [0.1, 0.15) is 0 Å². The summed E-state index contributed by atoms with van der Waals surface area (Å²) in [6, 6.07) is 70.3. The van der Waals surface area contributed by atoms with Crippen molar-refractivity contribution in [1.82, 2.24) is 9.13 Å². The van der Waals surface area contributed by atoms with Gasteiger partial charge in [0.05, 0.1) is 38.8 Å². The Labute approximate surface area is 316 Å². The molecule has 0 saturated heterocycles. The summed E-state index contributed by atoms with van der Waals surface area (Å²) >= 11 is 0. The Morgan fingerprint density at radius 3 is 1.55 bits per heavy atom. The fourth-order valence-corrected chi connectivity index (χ4v) is 9.04. The zero-order valence-electron chi connectivity index (χ0n) is 29.8. The Kier molecular flexibility index (Phi) is 6.34. The number of fused-ring (bicyclic) bond motifs is 10. The predicted molar refractivity (Wildman–Crippen MR) is 231 cm³/mol. The molecule has 12 rings (SSSR count). The monoisotopic (exact) mass is 700 g/mol. The lowest BCUT2D eigenvalue weighted by molar-refractivity contribution is 0.669. The molecule has 0 saturated carbocycles. The van der Waals surface area contributed by atoms with Crippen LogP contribution in [0.3, 0.4) is 0 Å². The minimum Gasteiger partial charge on any atom is -0.456 e. The molecule has 0 spiro atoms. The maximum absolute atomic E-state index is 6.32. The van der Waals surface area contributed by atoms with Crippen LogP contribution in [0.4, 0.5) is 0 Å². The number of hydrogen-bond acceptors (Lipinski definition) is 1. The van der Waals surface area contributed by atoms with Gasteiger partial charge in [-0.1, -0.05) is 127 Å². The second kappa shape index (κ2) is 11.6. The lowest BCUT2D eigenvalue weighted by Gasteiger charge is -2.15. The second-order valence-corrected chi connectivity index (χ2v) is 14.5. The quantitative estimate of drug-likeness (QED) is 0.179. The fourth-order valence-electron chi connectivity index (χ4n) is 9.04. The number of furan rings is 1. The van der Waals surface area contributed by atoms with Crippen LogP contribution in [-0.2, 0) is 0 Å². The molecule has 3 aromatic heterocycles. The van der Waals surface area contributed by atoms with Crippen molar-refractivity contribution in [3.8, 4) is 33.6 Å². The molecule has 0 amide bonds. The molecular formula is C52H32N2O. The molecule has 0 bridgehead atoms. The van der Waals surface area contributed by atoms with Crippen LogP contribution in [0.25, 0.3) is 110 Å². The van der Waals surface area contributed by atoms with Crippen molar-refractivity contribution >= 4 is 76.3 Å². The van der Waals surface area contributed by atoms with E-state index in [4.69, 9.17) is 4.42 Å². The van der Waals surface area contributed by atoms with Gasteiger partial charge in [-0.25, -0.2) is 0 Å². The number of rotatable bonds is 4. The molecular weight excluding hydrogens is 669 g/mol. The molecule has 0 atom stereocenters. The third-order valence-corrected chi connectivity index (χ3v) is 11.5. The number of aromatic nitrogens is 2. The summed E-state index contributed by atoms with van der Waals surface area (Å²) in [5.41, 5.74) is 13.7. The van der Waals surface area contributed by atoms with Crippen molar-refractivity contribution in [1.29, 1.82) is 0 Å². The first-order valence-electron chi connectivity index (χ1n) is 18.8. The van der Waals surface area contributed by atoms with Crippen LogP contribution in [0.15, 0.2) is 199 Å². The smallest absolute Gasteiger partial charge is 0.137 e. The van der Waals surface area contributed by atoms with Crippen LogP contribution in [0.2, 0.25) is 0 Å². The van der Waals surface area contributed by atoms with Crippen molar-refractivity contribution in [3.05, 3.63) is 194 Å². The summed E-state index contributed by atoms with van der Waals surface area (Å²) in [5, 5.41) is 9.66. The van der Waals surface area contributed by atoms with Crippen LogP contribution in [0.5, 0.6) is 0 Å². The maximum Gasteiger partial charge on any atom is 0.137 e. The van der Waals surface area contributed by atoms with Crippen molar-refractivity contribution in [3.63, 3.8) is 0 Å². The molecule has 9 aromatic carbocycles. The average Bonchev–Trinajstić information content (AvgIpc) is 3.91. The summed E-state index contributed by atoms with van der Waals surface area (Å²) in [5.74, 6) is 0. The van der Waals surface area contributed by atoms with Crippen molar-refractivity contribution in [2.24, 2.45) is 0 Å². The van der Waals surface area contributed by atoms with Crippen molar-refractivity contribution < 1.29 is 4.42 Å². The molecule has 3 heterocycles. The second-order valence-electron chi connectivity index (χ2n) is 14.5. The minimum atomic E-state index is 0.897. The molecule has 0 radical (unpaired) electrons. The van der Waals surface area contributed by atoms with Gasteiger partial charge in [-0.2, -0.15) is 0 Å². The Hall–Kier alpha value is -7.36. The van der Waals surface area contributed by atoms with E-state index in [1.807, 2.05) is 6.07 Å². The summed E-state index contributed by atoms with van der Waals surface area (Å²) in [6.45, 7) is 0. The first kappa shape index (κ1) is 30.1. The molecule has 0 aliphatic rings. The van der Waals surface area contributed by atoms with Gasteiger partial charge in [0.1, 0.15) is 11.2 Å². The van der Waals surface area contributed by atoms with Gasteiger partial charge in [0.15, 0.2) is 0 Å². The van der Waals surface area contributed by atoms with Gasteiger partial charge in [-0.3, -0.25) is 0 Å². The number of hydrogen-bond donors (Lipinski definition) is 0. The van der Waals surface area contributed by atoms with Gasteiger partial charge < -0.3 is 13.6 Å². The third kappa shape index (κ3) is 4.44. The highest BCUT2D eigenvalue weighted by Gasteiger charge is 2.20. The normalized spacial score (nSPS) is 12.0. The Morgan fingerprint density at radius 2 is 0.836 bits per heavy atom. The Balaban J connectivity index is 1.07. The van der Waals surface area contributed by atoms with Gasteiger partial charge in [0.25, 0.3) is 0 Å². The van der Waals surface area contributed by atoms with Crippen LogP contribution >= 0.6 is 0 Å². The highest BCUT2D eigenvalue weighted by molar-refractivity contribution is 6.16. The SMILES string of the molecule is c1ccc(-c2cc(-n3c4ccccc4c4cc(-c5ccc6c(c5)c5ccccc5n6-c5cccc6oc7ccccc7c56)ccc43)c3ccccc3c2)cc1. The minimum absolute atomic E-state index is 0.897. The van der Waals surface area contributed by atoms with Crippen molar-refractivity contribution in [2.75, 3.05) is 0 Å². The van der Waals surface area contributed by atoms with E-state index < -0.39 is 0 Å². The van der Waals surface area contributed by atoms with Gasteiger partial charge in [-0.05, 0) is 94.4 Å². The molecule has 0 fully saturated rings. The zero-order chi connectivity index (χ0) is 36.0. The van der Waals surface area contributed by atoms with Gasteiger partial charge in [0.2, 0.25) is 0 Å². The summed E-state index contributed by atoms with van der Waals surface area (Å²) in [6.07, 6.45) is 0. The van der Waals surface area contributed by atoms with E-state index in [1.165, 1.54) is 82.3 Å². The number of benzene rings is 9. The highest BCUT2D eigenvalue weighted by Crippen LogP contribution is 2.42. The van der Waals surface area contributed by atoms with Crippen LogP contribution < -0.4 is 0 Å². The lowest BCUT2D eigenvalue weighted by Crippen LogP contribution is -1.96. The van der Waals surface area contributed by atoms with Crippen molar-refractivity contribution in [2.45, 2.75) is 0 Å². The van der Waals surface area contributed by atoms with E-state index in [1.54, 1.807) is 0 Å². The van der Waals surface area contributed by atoms with Gasteiger partial charge >= 0.3 is 0 Å². The molecule has 3 nitrogen and oxygen atoms in total. The molecule has 55 heavy (non-hydrogen) atoms. The Bertz CT molecular complexity index is 3490. The Morgan fingerprint density at radius 1 is 0.291 bits per heavy atom. The van der Waals surface area contributed by atoms with Crippen LogP contribution in [0, 0.1) is 0 Å². The van der Waals surface area contributed by atoms with E-state index in [2.05, 4.69) is 197 Å². The topological polar surface area (TPSA) is 23.0 Å². The summed E-state index contributed by atoms with van der Waals surface area (Å²) in [7, 11) is 0. The fraction of sp³-hybridized carbons (Fsp3) is 0. The molecule has 0 N–H and O–H groups in total. The lowest BCUT2D eigenvalue weighted by atomic mass is 9.99. The van der Waals surface area contributed by atoms with Gasteiger partial charge in [0, 0.05) is 32.3 Å². The molecule has 3 heteroatoms. The van der Waals surface area contributed by atoms with E-state index in [-0.39, 0.29) is 0 Å². The molecule has 0 unspecified atom stereocenters. The molecule has 0 aliphatic heterocycles. The number of para-hydroxylation sites is 3. The van der Waals surface area contributed by atoms with E-state index in [0.29, 0.717) is 0 Å². The third-order valence-electron chi connectivity index (χ3n) is 11.5.